The molecule has 0 fully saturated rings. The molecule has 4 nitrogen and oxygen atoms in total. The number of fused-ring (bicyclic) bond motifs is 1. The number of benzene rings is 2. The SMILES string of the molecule is CCOc1ccc(-c2cnc3ccn(OC(C)c4c(Cl)ccc(F)c4Cl)c3c2)cc1. The van der Waals surface area contributed by atoms with Crippen molar-refractivity contribution >= 4 is 34.2 Å². The third-order valence-corrected chi connectivity index (χ3v) is 5.47. The molecule has 1 atom stereocenters. The van der Waals surface area contributed by atoms with Gasteiger partial charge in [0.1, 0.15) is 17.1 Å². The quantitative estimate of drug-likeness (QED) is 0.309. The van der Waals surface area contributed by atoms with E-state index in [-0.39, 0.29) is 5.02 Å². The van der Waals surface area contributed by atoms with Crippen molar-refractivity contribution in [3.8, 4) is 16.9 Å². The van der Waals surface area contributed by atoms with E-state index in [4.69, 9.17) is 32.8 Å². The molecule has 0 aliphatic carbocycles. The first-order valence-corrected chi connectivity index (χ1v) is 10.2. The Balaban J connectivity index is 1.66. The number of halogens is 3. The maximum atomic E-state index is 13.9. The minimum atomic E-state index is -0.578. The van der Waals surface area contributed by atoms with Crippen LogP contribution in [-0.2, 0) is 0 Å². The molecule has 0 saturated carbocycles. The molecule has 7 heteroatoms. The molecule has 1 unspecified atom stereocenters. The lowest BCUT2D eigenvalue weighted by molar-refractivity contribution is 0.0562. The molecule has 0 bridgehead atoms. The predicted molar refractivity (Wildman–Crippen MR) is 118 cm³/mol. The number of aromatic nitrogens is 2. The van der Waals surface area contributed by atoms with Crippen LogP contribution < -0.4 is 9.57 Å². The normalized spacial score (nSPS) is 12.2. The summed E-state index contributed by atoms with van der Waals surface area (Å²) in [4.78, 5) is 10.6. The van der Waals surface area contributed by atoms with Crippen molar-refractivity contribution in [1.29, 1.82) is 0 Å². The Labute approximate surface area is 183 Å². The number of rotatable bonds is 6. The molecule has 0 saturated heterocycles. The van der Waals surface area contributed by atoms with E-state index >= 15 is 0 Å². The van der Waals surface area contributed by atoms with Crippen molar-refractivity contribution in [3.05, 3.63) is 82.4 Å². The Morgan fingerprint density at radius 1 is 1.07 bits per heavy atom. The summed E-state index contributed by atoms with van der Waals surface area (Å²) in [5, 5.41) is 0.304. The minimum absolute atomic E-state index is 0.0420. The van der Waals surface area contributed by atoms with E-state index < -0.39 is 11.9 Å². The van der Waals surface area contributed by atoms with Gasteiger partial charge in [-0.25, -0.2) is 4.39 Å². The summed E-state index contributed by atoms with van der Waals surface area (Å²) in [6.07, 6.45) is 2.99. The van der Waals surface area contributed by atoms with Gasteiger partial charge in [-0.05, 0) is 55.8 Å². The third kappa shape index (κ3) is 3.95. The number of ether oxygens (including phenoxy) is 1. The Bertz CT molecular complexity index is 1190. The first-order chi connectivity index (χ1) is 14.5. The van der Waals surface area contributed by atoms with Crippen molar-refractivity contribution in [2.45, 2.75) is 20.0 Å². The zero-order valence-corrected chi connectivity index (χ0v) is 17.9. The number of hydrogen-bond donors (Lipinski definition) is 0. The third-order valence-electron chi connectivity index (χ3n) is 4.76. The summed E-state index contributed by atoms with van der Waals surface area (Å²) >= 11 is 12.4. The first-order valence-electron chi connectivity index (χ1n) is 9.48. The molecule has 0 N–H and O–H groups in total. The van der Waals surface area contributed by atoms with Crippen molar-refractivity contribution in [2.75, 3.05) is 6.61 Å². The Hall–Kier alpha value is -2.76. The fraction of sp³-hybridized carbons (Fsp3) is 0.174. The van der Waals surface area contributed by atoms with Crippen LogP contribution in [0.5, 0.6) is 5.75 Å². The average Bonchev–Trinajstić information content (AvgIpc) is 3.14. The highest BCUT2D eigenvalue weighted by molar-refractivity contribution is 6.36. The molecule has 2 aromatic carbocycles. The zero-order valence-electron chi connectivity index (χ0n) is 16.4. The molecule has 2 heterocycles. The van der Waals surface area contributed by atoms with E-state index in [2.05, 4.69) is 4.98 Å². The van der Waals surface area contributed by atoms with Gasteiger partial charge in [0.15, 0.2) is 6.10 Å². The summed E-state index contributed by atoms with van der Waals surface area (Å²) < 4.78 is 21.0. The molecule has 0 aliphatic rings. The summed E-state index contributed by atoms with van der Waals surface area (Å²) in [6.45, 7) is 4.34. The van der Waals surface area contributed by atoms with Crippen LogP contribution >= 0.6 is 23.2 Å². The molecule has 4 aromatic rings. The van der Waals surface area contributed by atoms with Crippen LogP contribution in [0.2, 0.25) is 10.0 Å². The predicted octanol–water partition coefficient (Wildman–Crippen LogP) is 6.74. The maximum absolute atomic E-state index is 13.9. The van der Waals surface area contributed by atoms with E-state index in [0.29, 0.717) is 17.2 Å². The van der Waals surface area contributed by atoms with Gasteiger partial charge in [-0.3, -0.25) is 4.98 Å². The fourth-order valence-electron chi connectivity index (χ4n) is 3.29. The van der Waals surface area contributed by atoms with Gasteiger partial charge in [0, 0.05) is 28.5 Å². The lowest BCUT2D eigenvalue weighted by Gasteiger charge is -2.19. The minimum Gasteiger partial charge on any atom is -0.494 e. The van der Waals surface area contributed by atoms with E-state index in [1.54, 1.807) is 17.9 Å². The number of nitrogens with zero attached hydrogens (tertiary/aromatic N) is 2. The molecule has 4 rings (SSSR count). The molecule has 154 valence electrons. The second-order valence-corrected chi connectivity index (χ2v) is 7.52. The van der Waals surface area contributed by atoms with E-state index in [9.17, 15) is 4.39 Å². The van der Waals surface area contributed by atoms with Gasteiger partial charge in [-0.2, -0.15) is 4.73 Å². The number of hydrogen-bond acceptors (Lipinski definition) is 3. The monoisotopic (exact) mass is 444 g/mol. The van der Waals surface area contributed by atoms with Crippen LogP contribution in [0.15, 0.2) is 60.9 Å². The van der Waals surface area contributed by atoms with Gasteiger partial charge >= 0.3 is 0 Å². The standard InChI is InChI=1S/C23H19Cl2FN2O2/c1-3-29-17-6-4-15(5-7-17)16-12-21-20(27-13-16)10-11-28(21)30-14(2)22-18(24)8-9-19(26)23(22)25/h4-14H,3H2,1-2H3. The van der Waals surface area contributed by atoms with Gasteiger partial charge in [-0.1, -0.05) is 35.3 Å². The van der Waals surface area contributed by atoms with Gasteiger partial charge < -0.3 is 9.57 Å². The Kier molecular flexibility index (Phi) is 5.84. The van der Waals surface area contributed by atoms with Crippen LogP contribution in [0, 0.1) is 5.82 Å². The molecule has 0 radical (unpaired) electrons. The van der Waals surface area contributed by atoms with Crippen molar-refractivity contribution in [2.24, 2.45) is 0 Å². The largest absolute Gasteiger partial charge is 0.494 e. The van der Waals surface area contributed by atoms with Crippen molar-refractivity contribution in [3.63, 3.8) is 0 Å². The smallest absolute Gasteiger partial charge is 0.150 e. The highest BCUT2D eigenvalue weighted by Crippen LogP contribution is 2.33. The molecule has 30 heavy (non-hydrogen) atoms. The van der Waals surface area contributed by atoms with E-state index in [0.717, 1.165) is 27.9 Å². The van der Waals surface area contributed by atoms with Crippen molar-refractivity contribution in [1.82, 2.24) is 9.71 Å². The topological polar surface area (TPSA) is 36.3 Å². The van der Waals surface area contributed by atoms with Crippen LogP contribution in [0.1, 0.15) is 25.5 Å². The van der Waals surface area contributed by atoms with Crippen LogP contribution in [-0.4, -0.2) is 16.3 Å². The summed E-state index contributed by atoms with van der Waals surface area (Å²) in [5.41, 5.74) is 3.88. The van der Waals surface area contributed by atoms with Crippen LogP contribution in [0.25, 0.3) is 22.2 Å². The highest BCUT2D eigenvalue weighted by Gasteiger charge is 2.20. The lowest BCUT2D eigenvalue weighted by Crippen LogP contribution is -2.16. The average molecular weight is 445 g/mol. The fourth-order valence-corrected chi connectivity index (χ4v) is 3.96. The first kappa shape index (κ1) is 20.5. The van der Waals surface area contributed by atoms with Gasteiger partial charge in [0.25, 0.3) is 0 Å². The van der Waals surface area contributed by atoms with E-state index in [1.165, 1.54) is 12.1 Å². The zero-order chi connectivity index (χ0) is 21.3. The van der Waals surface area contributed by atoms with E-state index in [1.807, 2.05) is 49.5 Å². The molecule has 0 spiro atoms. The summed E-state index contributed by atoms with van der Waals surface area (Å²) in [6, 6.07) is 14.4. The number of pyridine rings is 1. The Morgan fingerprint density at radius 3 is 2.57 bits per heavy atom. The molecule has 2 aromatic heterocycles. The second kappa shape index (κ2) is 8.54. The van der Waals surface area contributed by atoms with Crippen molar-refractivity contribution < 1.29 is 14.0 Å². The molecular formula is C23H19Cl2FN2O2. The van der Waals surface area contributed by atoms with Crippen LogP contribution in [0.4, 0.5) is 4.39 Å². The molecular weight excluding hydrogens is 426 g/mol. The van der Waals surface area contributed by atoms with Gasteiger partial charge in [0.05, 0.1) is 17.1 Å². The Morgan fingerprint density at radius 2 is 1.83 bits per heavy atom. The van der Waals surface area contributed by atoms with Gasteiger partial charge in [-0.15, -0.1) is 0 Å². The summed E-state index contributed by atoms with van der Waals surface area (Å²) in [7, 11) is 0. The summed E-state index contributed by atoms with van der Waals surface area (Å²) in [5.74, 6) is 0.281. The molecule has 0 aliphatic heterocycles. The molecule has 0 amide bonds. The lowest BCUT2D eigenvalue weighted by atomic mass is 10.1. The highest BCUT2D eigenvalue weighted by atomic mass is 35.5. The van der Waals surface area contributed by atoms with Crippen LogP contribution in [0.3, 0.4) is 0 Å². The maximum Gasteiger partial charge on any atom is 0.150 e. The van der Waals surface area contributed by atoms with Gasteiger partial charge in [0.2, 0.25) is 0 Å². The second-order valence-electron chi connectivity index (χ2n) is 6.73.